The number of hydrogen-bond donors (Lipinski definition) is 1. The van der Waals surface area contributed by atoms with Crippen molar-refractivity contribution in [3.05, 3.63) is 23.3 Å². The van der Waals surface area contributed by atoms with Crippen LogP contribution in [0.4, 0.5) is 0 Å². The first kappa shape index (κ1) is 16.0. The predicted octanol–water partition coefficient (Wildman–Crippen LogP) is 4.29. The van der Waals surface area contributed by atoms with Crippen molar-refractivity contribution in [2.45, 2.75) is 66.4 Å². The van der Waals surface area contributed by atoms with Crippen molar-refractivity contribution < 1.29 is 9.90 Å². The lowest BCUT2D eigenvalue weighted by molar-refractivity contribution is -0.158. The Labute approximate surface area is 134 Å². The van der Waals surface area contributed by atoms with Crippen LogP contribution in [0.25, 0.3) is 0 Å². The van der Waals surface area contributed by atoms with Crippen LogP contribution in [0.3, 0.4) is 0 Å². The number of aliphatic hydroxyl groups is 1. The van der Waals surface area contributed by atoms with E-state index in [1.165, 1.54) is 12.0 Å². The third kappa shape index (κ3) is 2.14. The Morgan fingerprint density at radius 2 is 1.95 bits per heavy atom. The normalized spacial score (nSPS) is 40.7. The molecule has 0 bridgehead atoms. The Morgan fingerprint density at radius 3 is 2.59 bits per heavy atom. The minimum Gasteiger partial charge on any atom is -0.385 e. The average molecular weight is 302 g/mol. The van der Waals surface area contributed by atoms with Gasteiger partial charge >= 0.3 is 0 Å². The number of ketones is 1. The molecule has 0 heterocycles. The Balaban J connectivity index is 2.02. The molecular weight excluding hydrogens is 272 g/mol. The third-order valence-electron chi connectivity index (χ3n) is 6.84. The van der Waals surface area contributed by atoms with E-state index in [1.54, 1.807) is 5.57 Å². The summed E-state index contributed by atoms with van der Waals surface area (Å²) in [6.45, 7) is 10.9. The zero-order valence-corrected chi connectivity index (χ0v) is 14.6. The highest BCUT2D eigenvalue weighted by Crippen LogP contribution is 2.60. The minimum absolute atomic E-state index is 0.0416. The van der Waals surface area contributed by atoms with E-state index in [0.717, 1.165) is 12.8 Å². The molecule has 0 saturated heterocycles. The summed E-state index contributed by atoms with van der Waals surface area (Å²) >= 11 is 0. The highest BCUT2D eigenvalue weighted by atomic mass is 16.3. The largest absolute Gasteiger partial charge is 0.385 e. The van der Waals surface area contributed by atoms with Crippen LogP contribution in [0, 0.1) is 28.6 Å². The van der Waals surface area contributed by atoms with Crippen LogP contribution in [0.5, 0.6) is 0 Å². The smallest absolute Gasteiger partial charge is 0.167 e. The second kappa shape index (κ2) is 5.06. The van der Waals surface area contributed by atoms with E-state index < -0.39 is 11.5 Å². The molecule has 122 valence electrons. The summed E-state index contributed by atoms with van der Waals surface area (Å²) in [5.74, 6) is 1.50. The standard InChI is InChI=1S/C20H30O2/c1-12(2)13-6-8-15-14(10-13)7-9-17-19(3,4)18(22)16(21)11-20(15,17)5/h7,10,12,15-17,21H,6,8-9,11H2,1-5H3/t15-,16+,17-,20+/m1/s1. The Bertz CT molecular complexity index is 552. The van der Waals surface area contributed by atoms with Crippen molar-refractivity contribution in [1.82, 2.24) is 0 Å². The van der Waals surface area contributed by atoms with Crippen LogP contribution in [0.1, 0.15) is 60.3 Å². The number of fused-ring (bicyclic) bond motifs is 3. The van der Waals surface area contributed by atoms with Gasteiger partial charge in [0.1, 0.15) is 6.10 Å². The molecule has 4 atom stereocenters. The van der Waals surface area contributed by atoms with Crippen LogP contribution in [0.15, 0.2) is 23.3 Å². The van der Waals surface area contributed by atoms with E-state index in [-0.39, 0.29) is 11.2 Å². The molecule has 2 heteroatoms. The molecule has 3 aliphatic carbocycles. The number of carbonyl (C=O) groups excluding carboxylic acids is 1. The van der Waals surface area contributed by atoms with E-state index in [4.69, 9.17) is 0 Å². The third-order valence-corrected chi connectivity index (χ3v) is 6.84. The highest BCUT2D eigenvalue weighted by molar-refractivity contribution is 5.89. The van der Waals surface area contributed by atoms with Crippen LogP contribution >= 0.6 is 0 Å². The fourth-order valence-electron chi connectivity index (χ4n) is 5.51. The van der Waals surface area contributed by atoms with Gasteiger partial charge in [0.05, 0.1) is 0 Å². The lowest BCUT2D eigenvalue weighted by Gasteiger charge is -2.57. The fraction of sp³-hybridized carbons (Fsp3) is 0.750. The second-order valence-electron chi connectivity index (χ2n) is 8.77. The highest BCUT2D eigenvalue weighted by Gasteiger charge is 2.58. The summed E-state index contributed by atoms with van der Waals surface area (Å²) in [6, 6.07) is 0. The van der Waals surface area contributed by atoms with Crippen molar-refractivity contribution in [1.29, 1.82) is 0 Å². The van der Waals surface area contributed by atoms with Crippen molar-refractivity contribution in [2.75, 3.05) is 0 Å². The number of Topliss-reactive ketones (excluding diaryl/α,β-unsaturated/α-hetero) is 1. The summed E-state index contributed by atoms with van der Waals surface area (Å²) in [5, 5.41) is 10.4. The van der Waals surface area contributed by atoms with E-state index >= 15 is 0 Å². The lowest BCUT2D eigenvalue weighted by Crippen LogP contribution is -2.57. The fourth-order valence-corrected chi connectivity index (χ4v) is 5.51. The first-order valence-corrected chi connectivity index (χ1v) is 8.81. The first-order chi connectivity index (χ1) is 10.2. The molecule has 0 unspecified atom stereocenters. The number of aliphatic hydroxyl groups excluding tert-OH is 1. The second-order valence-corrected chi connectivity index (χ2v) is 8.77. The summed E-state index contributed by atoms with van der Waals surface area (Å²) < 4.78 is 0. The van der Waals surface area contributed by atoms with Crippen LogP contribution in [0.2, 0.25) is 0 Å². The van der Waals surface area contributed by atoms with Gasteiger partial charge in [0.15, 0.2) is 5.78 Å². The van der Waals surface area contributed by atoms with E-state index in [1.807, 2.05) is 13.8 Å². The van der Waals surface area contributed by atoms with Crippen molar-refractivity contribution in [2.24, 2.45) is 28.6 Å². The molecule has 3 rings (SSSR count). The lowest BCUT2D eigenvalue weighted by atomic mass is 9.46. The minimum atomic E-state index is -0.786. The van der Waals surface area contributed by atoms with Crippen molar-refractivity contribution >= 4 is 5.78 Å². The first-order valence-electron chi connectivity index (χ1n) is 8.81. The molecule has 0 amide bonds. The maximum atomic E-state index is 12.5. The van der Waals surface area contributed by atoms with Gasteiger partial charge in [0.2, 0.25) is 0 Å². The van der Waals surface area contributed by atoms with Gasteiger partial charge < -0.3 is 5.11 Å². The number of rotatable bonds is 1. The molecule has 3 aliphatic rings. The van der Waals surface area contributed by atoms with E-state index in [9.17, 15) is 9.90 Å². The van der Waals surface area contributed by atoms with E-state index in [0.29, 0.717) is 24.2 Å². The SMILES string of the molecule is CC(C)C1=CC2=CC[C@@H]3C(C)(C)C(=O)[C@@H](O)C[C@@]3(C)[C@@H]2CC1. The molecule has 2 nitrogen and oxygen atoms in total. The van der Waals surface area contributed by atoms with Crippen LogP contribution in [-0.2, 0) is 4.79 Å². The summed E-state index contributed by atoms with van der Waals surface area (Å²) in [6.07, 6.45) is 7.93. The molecule has 1 fully saturated rings. The molecule has 0 radical (unpaired) electrons. The molecular formula is C20H30O2. The molecule has 0 spiro atoms. The van der Waals surface area contributed by atoms with Gasteiger partial charge in [-0.25, -0.2) is 0 Å². The monoisotopic (exact) mass is 302 g/mol. The van der Waals surface area contributed by atoms with Gasteiger partial charge in [0.25, 0.3) is 0 Å². The van der Waals surface area contributed by atoms with Crippen LogP contribution in [-0.4, -0.2) is 17.0 Å². The van der Waals surface area contributed by atoms with E-state index in [2.05, 4.69) is 32.9 Å². The Morgan fingerprint density at radius 1 is 1.27 bits per heavy atom. The molecule has 22 heavy (non-hydrogen) atoms. The molecule has 1 saturated carbocycles. The molecule has 0 aromatic rings. The zero-order valence-electron chi connectivity index (χ0n) is 14.6. The van der Waals surface area contributed by atoms with Gasteiger partial charge in [-0.15, -0.1) is 0 Å². The molecule has 0 aliphatic heterocycles. The van der Waals surface area contributed by atoms with Crippen molar-refractivity contribution in [3.8, 4) is 0 Å². The van der Waals surface area contributed by atoms with Gasteiger partial charge in [-0.05, 0) is 54.4 Å². The van der Waals surface area contributed by atoms with Gasteiger partial charge in [-0.1, -0.05) is 52.3 Å². The topological polar surface area (TPSA) is 37.3 Å². The Hall–Kier alpha value is -0.890. The van der Waals surface area contributed by atoms with Crippen molar-refractivity contribution in [3.63, 3.8) is 0 Å². The summed E-state index contributed by atoms with van der Waals surface area (Å²) in [4.78, 5) is 12.5. The van der Waals surface area contributed by atoms with Gasteiger partial charge in [0, 0.05) is 5.41 Å². The molecule has 0 aromatic carbocycles. The zero-order chi connectivity index (χ0) is 16.3. The number of carbonyl (C=O) groups is 1. The summed E-state index contributed by atoms with van der Waals surface area (Å²) in [5.41, 5.74) is 2.64. The molecule has 1 N–H and O–H groups in total. The number of allylic oxidation sites excluding steroid dienone is 4. The summed E-state index contributed by atoms with van der Waals surface area (Å²) in [7, 11) is 0. The average Bonchev–Trinajstić information content (AvgIpc) is 2.44. The quantitative estimate of drug-likeness (QED) is 0.784. The van der Waals surface area contributed by atoms with Gasteiger partial charge in [-0.3, -0.25) is 4.79 Å². The maximum Gasteiger partial charge on any atom is 0.167 e. The van der Waals surface area contributed by atoms with Crippen LogP contribution < -0.4 is 0 Å². The van der Waals surface area contributed by atoms with Gasteiger partial charge in [-0.2, -0.15) is 0 Å². The predicted molar refractivity (Wildman–Crippen MR) is 89.4 cm³/mol. The molecule has 0 aromatic heterocycles. The Kier molecular flexibility index (Phi) is 3.67. The maximum absolute atomic E-state index is 12.5. The number of hydrogen-bond acceptors (Lipinski definition) is 2.